The van der Waals surface area contributed by atoms with E-state index in [1.807, 2.05) is 0 Å². The van der Waals surface area contributed by atoms with Crippen LogP contribution in [0, 0.1) is 5.92 Å². The van der Waals surface area contributed by atoms with Gasteiger partial charge in [0, 0.05) is 25.7 Å². The van der Waals surface area contributed by atoms with E-state index in [1.165, 1.54) is 83.5 Å². The second-order valence-electron chi connectivity index (χ2n) is 21.5. The average Bonchev–Trinajstić information content (AvgIpc) is 3.39. The number of aliphatic hydroxyl groups excluding tert-OH is 1. The Balaban J connectivity index is 5.17. The van der Waals surface area contributed by atoms with Crippen molar-refractivity contribution in [3.63, 3.8) is 0 Å². The van der Waals surface area contributed by atoms with Gasteiger partial charge in [-0.05, 0) is 31.6 Å². The Hall–Kier alpha value is -1.94. The van der Waals surface area contributed by atoms with Gasteiger partial charge < -0.3 is 33.8 Å². The minimum atomic E-state index is -4.93. The fourth-order valence-electron chi connectivity index (χ4n) is 8.52. The number of rotatable bonds is 58. The van der Waals surface area contributed by atoms with Gasteiger partial charge in [0.15, 0.2) is 12.2 Å². The Bertz CT molecular complexity index is 1520. The lowest BCUT2D eigenvalue weighted by molar-refractivity contribution is -0.161. The molecule has 0 aliphatic rings. The van der Waals surface area contributed by atoms with E-state index in [2.05, 4.69) is 34.6 Å². The lowest BCUT2D eigenvalue weighted by Crippen LogP contribution is -2.30. The highest BCUT2D eigenvalue weighted by Crippen LogP contribution is 2.45. The zero-order valence-electron chi connectivity index (χ0n) is 49.1. The molecule has 0 saturated carbocycles. The SMILES string of the molecule is CCCCCCCCCCCC(=O)OC[C@H](COP(=O)(O)OC[C@@H](O)COP(=O)(O)OC[C@@H](COC(=O)CCCCCCCCC)OC(=O)CCCCCCCCC)OC(=O)CCCCCCCCCCCCCC(C)C. The van der Waals surface area contributed by atoms with Gasteiger partial charge in [-0.2, -0.15) is 0 Å². The summed E-state index contributed by atoms with van der Waals surface area (Å²) < 4.78 is 67.5. The molecule has 0 fully saturated rings. The number of carbonyl (C=O) groups is 4. The van der Waals surface area contributed by atoms with Crippen molar-refractivity contribution in [1.29, 1.82) is 0 Å². The van der Waals surface area contributed by atoms with E-state index < -0.39 is 97.5 Å². The molecule has 17 nitrogen and oxygen atoms in total. The van der Waals surface area contributed by atoms with Crippen molar-refractivity contribution in [3.8, 4) is 0 Å². The number of aliphatic hydroxyl groups is 1. The number of ether oxygens (including phenoxy) is 4. The van der Waals surface area contributed by atoms with E-state index in [1.54, 1.807) is 0 Å². The summed E-state index contributed by atoms with van der Waals surface area (Å²) in [6.07, 6.45) is 33.7. The Morgan fingerprint density at radius 2 is 0.597 bits per heavy atom. The smallest absolute Gasteiger partial charge is 0.462 e. The molecule has 0 bridgehead atoms. The molecular formula is C58H112O17P2. The fraction of sp³-hybridized carbons (Fsp3) is 0.931. The predicted octanol–water partition coefficient (Wildman–Crippen LogP) is 15.5. The van der Waals surface area contributed by atoms with Crippen LogP contribution in [0.1, 0.15) is 285 Å². The van der Waals surface area contributed by atoms with Crippen LogP contribution in [0.2, 0.25) is 0 Å². The summed E-state index contributed by atoms with van der Waals surface area (Å²) in [6, 6.07) is 0. The van der Waals surface area contributed by atoms with Crippen LogP contribution in [0.3, 0.4) is 0 Å². The number of hydrogen-bond donors (Lipinski definition) is 3. The number of hydrogen-bond acceptors (Lipinski definition) is 15. The molecule has 0 aromatic rings. The van der Waals surface area contributed by atoms with Gasteiger partial charge in [0.2, 0.25) is 0 Å². The first kappa shape index (κ1) is 75.1. The second kappa shape index (κ2) is 52.2. The van der Waals surface area contributed by atoms with Crippen molar-refractivity contribution in [1.82, 2.24) is 0 Å². The molecule has 0 aromatic heterocycles. The molecule has 0 spiro atoms. The third kappa shape index (κ3) is 53.2. The van der Waals surface area contributed by atoms with Crippen LogP contribution in [0.25, 0.3) is 0 Å². The first-order chi connectivity index (χ1) is 37.0. The fourth-order valence-corrected chi connectivity index (χ4v) is 10.1. The summed E-state index contributed by atoms with van der Waals surface area (Å²) in [7, 11) is -9.86. The summed E-state index contributed by atoms with van der Waals surface area (Å²) in [5, 5.41) is 10.5. The van der Waals surface area contributed by atoms with E-state index in [0.29, 0.717) is 25.7 Å². The molecule has 0 radical (unpaired) electrons. The molecule has 0 saturated heterocycles. The minimum Gasteiger partial charge on any atom is -0.462 e. The van der Waals surface area contributed by atoms with E-state index in [0.717, 1.165) is 121 Å². The topological polar surface area (TPSA) is 237 Å². The maximum absolute atomic E-state index is 12.9. The van der Waals surface area contributed by atoms with Crippen LogP contribution >= 0.6 is 15.6 Å². The van der Waals surface area contributed by atoms with Gasteiger partial charge in [-0.1, -0.05) is 234 Å². The Morgan fingerprint density at radius 1 is 0.351 bits per heavy atom. The standard InChI is InChI=1S/C58H112O17P2/c1-6-9-12-15-18-22-28-32-37-42-56(61)69-48-54(75-58(63)44-39-34-29-24-21-19-20-23-27-30-35-40-51(4)5)50-73-77(66,67)71-46-52(59)45-70-76(64,65)72-49-53(74-57(62)43-38-33-26-17-14-11-8-3)47-68-55(60)41-36-31-25-16-13-10-7-2/h51-54,59H,6-50H2,1-5H3,(H,64,65)(H,66,67)/t52-,53+,54+/m0/s1. The third-order valence-electron chi connectivity index (χ3n) is 13.3. The summed E-state index contributed by atoms with van der Waals surface area (Å²) in [5.74, 6) is -1.39. The van der Waals surface area contributed by atoms with Crippen molar-refractivity contribution >= 4 is 39.5 Å². The van der Waals surface area contributed by atoms with Crippen molar-refractivity contribution in [3.05, 3.63) is 0 Å². The molecule has 0 rings (SSSR count). The average molecular weight is 1140 g/mol. The molecule has 0 aliphatic carbocycles. The first-order valence-corrected chi connectivity index (χ1v) is 33.6. The van der Waals surface area contributed by atoms with Gasteiger partial charge >= 0.3 is 39.5 Å². The first-order valence-electron chi connectivity index (χ1n) is 30.6. The molecular weight excluding hydrogens is 1030 g/mol. The Labute approximate surface area is 467 Å². The van der Waals surface area contributed by atoms with Crippen molar-refractivity contribution < 1.29 is 80.2 Å². The molecule has 2 unspecified atom stereocenters. The van der Waals surface area contributed by atoms with Crippen LogP contribution in [0.4, 0.5) is 0 Å². The van der Waals surface area contributed by atoms with Crippen molar-refractivity contribution in [2.24, 2.45) is 5.92 Å². The maximum Gasteiger partial charge on any atom is 0.472 e. The summed E-state index contributed by atoms with van der Waals surface area (Å²) in [5.41, 5.74) is 0. The van der Waals surface area contributed by atoms with Crippen LogP contribution in [-0.2, 0) is 65.4 Å². The van der Waals surface area contributed by atoms with Crippen LogP contribution in [-0.4, -0.2) is 96.7 Å². The maximum atomic E-state index is 12.9. The van der Waals surface area contributed by atoms with Crippen molar-refractivity contribution in [2.75, 3.05) is 39.6 Å². The quantitative estimate of drug-likeness (QED) is 0.0222. The molecule has 3 N–H and O–H groups in total. The van der Waals surface area contributed by atoms with Gasteiger partial charge in [-0.15, -0.1) is 0 Å². The van der Waals surface area contributed by atoms with E-state index in [9.17, 15) is 43.2 Å². The summed E-state index contributed by atoms with van der Waals surface area (Å²) >= 11 is 0. The second-order valence-corrected chi connectivity index (χ2v) is 24.4. The van der Waals surface area contributed by atoms with E-state index in [-0.39, 0.29) is 25.7 Å². The minimum absolute atomic E-state index is 0.103. The number of esters is 4. The molecule has 0 aliphatic heterocycles. The highest BCUT2D eigenvalue weighted by Gasteiger charge is 2.30. The van der Waals surface area contributed by atoms with Crippen molar-refractivity contribution in [2.45, 2.75) is 303 Å². The number of phosphoric ester groups is 2. The van der Waals surface area contributed by atoms with E-state index in [4.69, 9.17) is 37.0 Å². The van der Waals surface area contributed by atoms with Crippen LogP contribution in [0.5, 0.6) is 0 Å². The highest BCUT2D eigenvalue weighted by atomic mass is 31.2. The van der Waals surface area contributed by atoms with E-state index >= 15 is 0 Å². The number of carbonyl (C=O) groups excluding carboxylic acids is 4. The monoisotopic (exact) mass is 1140 g/mol. The predicted molar refractivity (Wildman–Crippen MR) is 303 cm³/mol. The zero-order valence-corrected chi connectivity index (χ0v) is 50.9. The number of phosphoric acid groups is 2. The highest BCUT2D eigenvalue weighted by molar-refractivity contribution is 7.47. The lowest BCUT2D eigenvalue weighted by atomic mass is 10.0. The third-order valence-corrected chi connectivity index (χ3v) is 15.2. The zero-order chi connectivity index (χ0) is 57.1. The largest absolute Gasteiger partial charge is 0.472 e. The Kier molecular flexibility index (Phi) is 50.8. The van der Waals surface area contributed by atoms with Gasteiger partial charge in [-0.25, -0.2) is 9.13 Å². The normalized spacial score (nSPS) is 14.4. The van der Waals surface area contributed by atoms with Gasteiger partial charge in [-0.3, -0.25) is 37.3 Å². The lowest BCUT2D eigenvalue weighted by Gasteiger charge is -2.21. The molecule has 5 atom stereocenters. The number of unbranched alkanes of at least 4 members (excludes halogenated alkanes) is 30. The molecule has 0 amide bonds. The molecule has 19 heteroatoms. The molecule has 0 aromatic carbocycles. The summed E-state index contributed by atoms with van der Waals surface area (Å²) in [4.78, 5) is 71.6. The summed E-state index contributed by atoms with van der Waals surface area (Å²) in [6.45, 7) is 7.05. The van der Waals surface area contributed by atoms with Gasteiger partial charge in [0.05, 0.1) is 26.4 Å². The van der Waals surface area contributed by atoms with Gasteiger partial charge in [0.25, 0.3) is 0 Å². The Morgan fingerprint density at radius 3 is 0.883 bits per heavy atom. The van der Waals surface area contributed by atoms with Crippen LogP contribution < -0.4 is 0 Å². The molecule has 77 heavy (non-hydrogen) atoms. The molecule has 0 heterocycles. The van der Waals surface area contributed by atoms with Gasteiger partial charge in [0.1, 0.15) is 19.3 Å². The van der Waals surface area contributed by atoms with Crippen LogP contribution in [0.15, 0.2) is 0 Å². The molecule has 456 valence electrons.